The van der Waals surface area contributed by atoms with Crippen LogP contribution in [-0.2, 0) is 4.74 Å². The van der Waals surface area contributed by atoms with Crippen molar-refractivity contribution in [1.29, 1.82) is 0 Å². The van der Waals surface area contributed by atoms with Crippen LogP contribution in [-0.4, -0.2) is 43.0 Å². The van der Waals surface area contributed by atoms with Gasteiger partial charge in [0.2, 0.25) is 0 Å². The summed E-state index contributed by atoms with van der Waals surface area (Å²) in [7, 11) is 0. The average molecular weight is 272 g/mol. The number of aliphatic hydroxyl groups is 1. The number of hydrogen-bond donors (Lipinski definition) is 3. The van der Waals surface area contributed by atoms with Crippen LogP contribution in [0.1, 0.15) is 46.0 Å². The zero-order chi connectivity index (χ0) is 14.1. The van der Waals surface area contributed by atoms with E-state index < -0.39 is 0 Å². The first-order valence-corrected chi connectivity index (χ1v) is 7.41. The van der Waals surface area contributed by atoms with Crippen molar-refractivity contribution < 1.29 is 14.6 Å². The van der Waals surface area contributed by atoms with Gasteiger partial charge in [-0.05, 0) is 38.0 Å². The molecule has 1 fully saturated rings. The zero-order valence-corrected chi connectivity index (χ0v) is 12.2. The van der Waals surface area contributed by atoms with Gasteiger partial charge in [-0.15, -0.1) is 0 Å². The Kier molecular flexibility index (Phi) is 7.82. The van der Waals surface area contributed by atoms with Gasteiger partial charge in [-0.2, -0.15) is 0 Å². The molecular formula is C14H28N2O3. The Balaban J connectivity index is 1.98. The van der Waals surface area contributed by atoms with Crippen molar-refractivity contribution in [2.45, 2.75) is 58.2 Å². The highest BCUT2D eigenvalue weighted by Gasteiger charge is 2.13. The minimum absolute atomic E-state index is 0.160. The fourth-order valence-corrected chi connectivity index (χ4v) is 2.11. The molecule has 19 heavy (non-hydrogen) atoms. The molecule has 0 saturated carbocycles. The molecule has 0 aliphatic carbocycles. The van der Waals surface area contributed by atoms with Crippen molar-refractivity contribution in [2.24, 2.45) is 5.92 Å². The number of carbonyl (C=O) groups is 1. The van der Waals surface area contributed by atoms with E-state index in [0.29, 0.717) is 25.6 Å². The van der Waals surface area contributed by atoms with Crippen molar-refractivity contribution in [3.8, 4) is 0 Å². The maximum Gasteiger partial charge on any atom is 0.314 e. The minimum atomic E-state index is -0.351. The van der Waals surface area contributed by atoms with Gasteiger partial charge in [0.25, 0.3) is 0 Å². The number of nitrogens with one attached hydrogen (secondary N) is 2. The third-order valence-electron chi connectivity index (χ3n) is 3.52. The second-order valence-corrected chi connectivity index (χ2v) is 5.56. The third kappa shape index (κ3) is 7.38. The molecule has 5 heteroatoms. The lowest BCUT2D eigenvalue weighted by Gasteiger charge is -2.22. The highest BCUT2D eigenvalue weighted by Crippen LogP contribution is 2.14. The normalized spacial score (nSPS) is 21.2. The first-order valence-electron chi connectivity index (χ1n) is 7.41. The van der Waals surface area contributed by atoms with E-state index in [4.69, 9.17) is 4.74 Å². The third-order valence-corrected chi connectivity index (χ3v) is 3.52. The van der Waals surface area contributed by atoms with E-state index in [2.05, 4.69) is 10.6 Å². The molecule has 0 spiro atoms. The predicted octanol–water partition coefficient (Wildman–Crippen LogP) is 1.65. The van der Waals surface area contributed by atoms with Crippen molar-refractivity contribution in [2.75, 3.05) is 19.7 Å². The summed E-state index contributed by atoms with van der Waals surface area (Å²) in [5.41, 5.74) is 0. The van der Waals surface area contributed by atoms with E-state index in [1.165, 1.54) is 6.42 Å². The van der Waals surface area contributed by atoms with Crippen LogP contribution in [0.25, 0.3) is 0 Å². The second kappa shape index (κ2) is 9.15. The number of carbonyl (C=O) groups excluding carboxylic acids is 1. The lowest BCUT2D eigenvalue weighted by atomic mass is 10.0. The highest BCUT2D eigenvalue weighted by atomic mass is 16.5. The number of aliphatic hydroxyl groups excluding tert-OH is 1. The maximum absolute atomic E-state index is 11.5. The van der Waals surface area contributed by atoms with Gasteiger partial charge in [0.05, 0.1) is 12.2 Å². The smallest absolute Gasteiger partial charge is 0.314 e. The average Bonchev–Trinajstić information content (AvgIpc) is 2.39. The molecule has 2 unspecified atom stereocenters. The molecule has 2 amide bonds. The van der Waals surface area contributed by atoms with E-state index in [9.17, 15) is 9.90 Å². The first-order chi connectivity index (χ1) is 9.09. The zero-order valence-electron chi connectivity index (χ0n) is 12.2. The molecule has 1 aliphatic heterocycles. The maximum atomic E-state index is 11.5. The Morgan fingerprint density at radius 3 is 2.68 bits per heavy atom. The molecule has 1 aliphatic rings. The molecule has 3 N–H and O–H groups in total. The predicted molar refractivity (Wildman–Crippen MR) is 75.1 cm³/mol. The second-order valence-electron chi connectivity index (χ2n) is 5.56. The van der Waals surface area contributed by atoms with E-state index in [-0.39, 0.29) is 18.1 Å². The number of ether oxygens (including phenoxy) is 1. The molecule has 1 heterocycles. The van der Waals surface area contributed by atoms with Gasteiger partial charge in [-0.3, -0.25) is 0 Å². The summed E-state index contributed by atoms with van der Waals surface area (Å²) in [4.78, 5) is 11.5. The Labute approximate surface area is 116 Å². The Morgan fingerprint density at radius 1 is 1.32 bits per heavy atom. The van der Waals surface area contributed by atoms with Crippen LogP contribution in [0, 0.1) is 5.92 Å². The number of hydrogen-bond acceptors (Lipinski definition) is 3. The first kappa shape index (κ1) is 16.2. The fraction of sp³-hybridized carbons (Fsp3) is 0.929. The van der Waals surface area contributed by atoms with Gasteiger partial charge < -0.3 is 20.5 Å². The van der Waals surface area contributed by atoms with Gasteiger partial charge >= 0.3 is 6.03 Å². The Morgan fingerprint density at radius 2 is 2.05 bits per heavy atom. The largest absolute Gasteiger partial charge is 0.393 e. The van der Waals surface area contributed by atoms with Gasteiger partial charge in [0.15, 0.2) is 0 Å². The molecule has 1 saturated heterocycles. The van der Waals surface area contributed by atoms with Crippen LogP contribution in [0.3, 0.4) is 0 Å². The standard InChI is InChI=1S/C14H28N2O3/c1-11(2)13(17)7-9-16-14(18)15-8-6-12-5-3-4-10-19-12/h11-13,17H,3-10H2,1-2H3,(H2,15,16,18). The molecule has 0 aromatic rings. The van der Waals surface area contributed by atoms with Gasteiger partial charge in [0, 0.05) is 19.7 Å². The summed E-state index contributed by atoms with van der Waals surface area (Å²) in [6, 6.07) is -0.160. The Bertz CT molecular complexity index is 253. The topological polar surface area (TPSA) is 70.6 Å². The number of rotatable bonds is 7. The van der Waals surface area contributed by atoms with Crippen molar-refractivity contribution in [3.63, 3.8) is 0 Å². The minimum Gasteiger partial charge on any atom is -0.393 e. The van der Waals surface area contributed by atoms with Gasteiger partial charge in [0.1, 0.15) is 0 Å². The van der Waals surface area contributed by atoms with Crippen LogP contribution in [0.4, 0.5) is 4.79 Å². The molecule has 2 atom stereocenters. The number of urea groups is 1. The molecule has 5 nitrogen and oxygen atoms in total. The summed E-state index contributed by atoms with van der Waals surface area (Å²) in [5, 5.41) is 15.2. The lowest BCUT2D eigenvalue weighted by Crippen LogP contribution is -2.39. The summed E-state index contributed by atoms with van der Waals surface area (Å²) in [5.74, 6) is 0.230. The molecule has 0 radical (unpaired) electrons. The van der Waals surface area contributed by atoms with Crippen LogP contribution in [0.2, 0.25) is 0 Å². The summed E-state index contributed by atoms with van der Waals surface area (Å²) < 4.78 is 5.59. The molecule has 1 rings (SSSR count). The van der Waals surface area contributed by atoms with Crippen molar-refractivity contribution in [3.05, 3.63) is 0 Å². The Hall–Kier alpha value is -0.810. The van der Waals surface area contributed by atoms with Crippen molar-refractivity contribution in [1.82, 2.24) is 10.6 Å². The fourth-order valence-electron chi connectivity index (χ4n) is 2.11. The van der Waals surface area contributed by atoms with Crippen LogP contribution >= 0.6 is 0 Å². The molecule has 0 aromatic heterocycles. The van der Waals surface area contributed by atoms with E-state index in [0.717, 1.165) is 25.9 Å². The van der Waals surface area contributed by atoms with E-state index in [1.807, 2.05) is 13.8 Å². The van der Waals surface area contributed by atoms with E-state index in [1.54, 1.807) is 0 Å². The lowest BCUT2D eigenvalue weighted by molar-refractivity contribution is 0.0120. The molecular weight excluding hydrogens is 244 g/mol. The van der Waals surface area contributed by atoms with Gasteiger partial charge in [-0.25, -0.2) is 4.79 Å². The summed E-state index contributed by atoms with van der Waals surface area (Å²) in [6.07, 6.45) is 4.91. The summed E-state index contributed by atoms with van der Waals surface area (Å²) in [6.45, 7) is 5.93. The molecule has 112 valence electrons. The highest BCUT2D eigenvalue weighted by molar-refractivity contribution is 5.73. The quantitative estimate of drug-likeness (QED) is 0.660. The molecule has 0 aromatic carbocycles. The summed E-state index contributed by atoms with van der Waals surface area (Å²) >= 11 is 0. The van der Waals surface area contributed by atoms with Crippen LogP contribution < -0.4 is 10.6 Å². The van der Waals surface area contributed by atoms with Crippen LogP contribution in [0.5, 0.6) is 0 Å². The van der Waals surface area contributed by atoms with E-state index >= 15 is 0 Å². The number of amides is 2. The monoisotopic (exact) mass is 272 g/mol. The molecule has 0 bridgehead atoms. The SMILES string of the molecule is CC(C)C(O)CCNC(=O)NCCC1CCCCO1. The van der Waals surface area contributed by atoms with Crippen molar-refractivity contribution >= 4 is 6.03 Å². The van der Waals surface area contributed by atoms with Crippen LogP contribution in [0.15, 0.2) is 0 Å². The van der Waals surface area contributed by atoms with Gasteiger partial charge in [-0.1, -0.05) is 13.8 Å².